The van der Waals surface area contributed by atoms with Crippen molar-refractivity contribution in [2.75, 3.05) is 0 Å². The molecule has 110 valence electrons. The lowest BCUT2D eigenvalue weighted by molar-refractivity contribution is 0.434. The van der Waals surface area contributed by atoms with Gasteiger partial charge in [-0.25, -0.2) is 0 Å². The molecule has 3 N–H and O–H groups in total. The van der Waals surface area contributed by atoms with Crippen LogP contribution in [0.5, 0.6) is 0 Å². The van der Waals surface area contributed by atoms with Crippen molar-refractivity contribution in [2.24, 2.45) is 5.84 Å². The third-order valence-corrected chi connectivity index (χ3v) is 4.77. The van der Waals surface area contributed by atoms with Gasteiger partial charge in [-0.1, -0.05) is 55.5 Å². The summed E-state index contributed by atoms with van der Waals surface area (Å²) in [6, 6.07) is 18.0. The molecule has 0 radical (unpaired) electrons. The lowest BCUT2D eigenvalue weighted by Gasteiger charge is -2.24. The zero-order valence-corrected chi connectivity index (χ0v) is 12.7. The SMILES string of the molecule is CCc1ccc(CC(NN)C2CCc3ccccc32)cc1. The molecule has 2 aromatic rings. The normalized spacial score (nSPS) is 18.5. The van der Waals surface area contributed by atoms with E-state index in [2.05, 4.69) is 60.9 Å². The Kier molecular flexibility index (Phi) is 4.37. The summed E-state index contributed by atoms with van der Waals surface area (Å²) in [5, 5.41) is 0. The molecule has 0 bridgehead atoms. The summed E-state index contributed by atoms with van der Waals surface area (Å²) in [6.07, 6.45) is 4.45. The van der Waals surface area contributed by atoms with Crippen LogP contribution in [0, 0.1) is 0 Å². The summed E-state index contributed by atoms with van der Waals surface area (Å²) < 4.78 is 0. The average Bonchev–Trinajstić information content (AvgIpc) is 2.97. The fourth-order valence-corrected chi connectivity index (χ4v) is 3.49. The van der Waals surface area contributed by atoms with Crippen LogP contribution in [0.1, 0.15) is 41.5 Å². The minimum absolute atomic E-state index is 0.307. The average molecular weight is 280 g/mol. The van der Waals surface area contributed by atoms with E-state index in [-0.39, 0.29) is 0 Å². The molecule has 0 aromatic heterocycles. The maximum Gasteiger partial charge on any atom is 0.0319 e. The van der Waals surface area contributed by atoms with Crippen molar-refractivity contribution in [3.63, 3.8) is 0 Å². The van der Waals surface area contributed by atoms with Gasteiger partial charge in [0.2, 0.25) is 0 Å². The first-order valence-corrected chi connectivity index (χ1v) is 7.93. The Hall–Kier alpha value is -1.64. The highest BCUT2D eigenvalue weighted by Crippen LogP contribution is 2.36. The first kappa shape index (κ1) is 14.3. The van der Waals surface area contributed by atoms with Gasteiger partial charge in [-0.15, -0.1) is 0 Å². The number of nitrogens with one attached hydrogen (secondary N) is 1. The van der Waals surface area contributed by atoms with E-state index in [9.17, 15) is 0 Å². The zero-order valence-electron chi connectivity index (χ0n) is 12.7. The fraction of sp³-hybridized carbons (Fsp3) is 0.368. The maximum absolute atomic E-state index is 5.86. The molecular weight excluding hydrogens is 256 g/mol. The Morgan fingerprint density at radius 3 is 2.52 bits per heavy atom. The van der Waals surface area contributed by atoms with Crippen molar-refractivity contribution < 1.29 is 0 Å². The molecule has 1 aliphatic carbocycles. The van der Waals surface area contributed by atoms with Crippen LogP contribution in [-0.2, 0) is 19.3 Å². The quantitative estimate of drug-likeness (QED) is 0.651. The summed E-state index contributed by atoms with van der Waals surface area (Å²) >= 11 is 0. The van der Waals surface area contributed by atoms with Crippen molar-refractivity contribution in [1.29, 1.82) is 0 Å². The van der Waals surface area contributed by atoms with Crippen LogP contribution in [0.25, 0.3) is 0 Å². The molecule has 2 aromatic carbocycles. The highest BCUT2D eigenvalue weighted by Gasteiger charge is 2.28. The highest BCUT2D eigenvalue weighted by molar-refractivity contribution is 5.36. The molecule has 21 heavy (non-hydrogen) atoms. The minimum atomic E-state index is 0.307. The maximum atomic E-state index is 5.86. The number of hydrogen-bond acceptors (Lipinski definition) is 2. The summed E-state index contributed by atoms with van der Waals surface area (Å²) in [7, 11) is 0. The van der Waals surface area contributed by atoms with Gasteiger partial charge in [0.1, 0.15) is 0 Å². The molecule has 1 aliphatic rings. The van der Waals surface area contributed by atoms with Gasteiger partial charge >= 0.3 is 0 Å². The molecule has 2 heteroatoms. The molecule has 0 amide bonds. The Bertz CT molecular complexity index is 589. The highest BCUT2D eigenvalue weighted by atomic mass is 15.2. The summed E-state index contributed by atoms with van der Waals surface area (Å²) in [5.41, 5.74) is 8.78. The van der Waals surface area contributed by atoms with Gasteiger partial charge in [-0.2, -0.15) is 0 Å². The van der Waals surface area contributed by atoms with Gasteiger partial charge in [-0.05, 0) is 47.9 Å². The molecule has 2 nitrogen and oxygen atoms in total. The molecule has 0 saturated heterocycles. The third kappa shape index (κ3) is 3.02. The minimum Gasteiger partial charge on any atom is -0.271 e. The van der Waals surface area contributed by atoms with Gasteiger partial charge in [0, 0.05) is 12.0 Å². The molecule has 0 fully saturated rings. The van der Waals surface area contributed by atoms with E-state index in [0.717, 1.165) is 12.8 Å². The van der Waals surface area contributed by atoms with E-state index in [0.29, 0.717) is 12.0 Å². The number of fused-ring (bicyclic) bond motifs is 1. The number of rotatable bonds is 5. The van der Waals surface area contributed by atoms with Crippen molar-refractivity contribution >= 4 is 0 Å². The molecule has 2 unspecified atom stereocenters. The van der Waals surface area contributed by atoms with E-state index in [1.807, 2.05) is 0 Å². The molecule has 3 rings (SSSR count). The van der Waals surface area contributed by atoms with Crippen LogP contribution in [-0.4, -0.2) is 6.04 Å². The van der Waals surface area contributed by atoms with E-state index in [1.54, 1.807) is 0 Å². The second kappa shape index (κ2) is 6.42. The topological polar surface area (TPSA) is 38.0 Å². The van der Waals surface area contributed by atoms with Crippen molar-refractivity contribution in [3.8, 4) is 0 Å². The van der Waals surface area contributed by atoms with Crippen molar-refractivity contribution in [2.45, 2.75) is 44.6 Å². The molecule has 0 spiro atoms. The lowest BCUT2D eigenvalue weighted by atomic mass is 9.89. The van der Waals surface area contributed by atoms with Crippen LogP contribution < -0.4 is 11.3 Å². The molecule has 2 atom stereocenters. The molecule has 0 heterocycles. The van der Waals surface area contributed by atoms with Crippen LogP contribution in [0.2, 0.25) is 0 Å². The number of nitrogens with two attached hydrogens (primary N) is 1. The monoisotopic (exact) mass is 280 g/mol. The Balaban J connectivity index is 1.76. The van der Waals surface area contributed by atoms with E-state index >= 15 is 0 Å². The zero-order chi connectivity index (χ0) is 14.7. The third-order valence-electron chi connectivity index (χ3n) is 4.77. The predicted octanol–water partition coefficient (Wildman–Crippen LogP) is 3.35. The van der Waals surface area contributed by atoms with Crippen LogP contribution in [0.15, 0.2) is 48.5 Å². The van der Waals surface area contributed by atoms with Gasteiger partial charge in [-0.3, -0.25) is 11.3 Å². The number of aryl methyl sites for hydroxylation is 2. The van der Waals surface area contributed by atoms with E-state index in [1.165, 1.54) is 35.1 Å². The Labute approximate surface area is 127 Å². The fourth-order valence-electron chi connectivity index (χ4n) is 3.49. The molecular formula is C19H24N2. The summed E-state index contributed by atoms with van der Waals surface area (Å²) in [5.74, 6) is 6.39. The standard InChI is InChI=1S/C19H24N2/c1-2-14-7-9-15(10-8-14)13-19(21-20)18-12-11-16-5-3-4-6-17(16)18/h3-10,18-19,21H,2,11-13,20H2,1H3. The number of hydrogen-bond donors (Lipinski definition) is 2. The van der Waals surface area contributed by atoms with Gasteiger partial charge in [0.25, 0.3) is 0 Å². The summed E-state index contributed by atoms with van der Waals surface area (Å²) in [6.45, 7) is 2.19. The van der Waals surface area contributed by atoms with Gasteiger partial charge in [0.15, 0.2) is 0 Å². The number of benzene rings is 2. The second-order valence-electron chi connectivity index (χ2n) is 5.99. The van der Waals surface area contributed by atoms with E-state index < -0.39 is 0 Å². The summed E-state index contributed by atoms with van der Waals surface area (Å²) in [4.78, 5) is 0. The smallest absolute Gasteiger partial charge is 0.0319 e. The molecule has 0 aliphatic heterocycles. The largest absolute Gasteiger partial charge is 0.271 e. The van der Waals surface area contributed by atoms with E-state index in [4.69, 9.17) is 5.84 Å². The molecule has 0 saturated carbocycles. The van der Waals surface area contributed by atoms with Crippen molar-refractivity contribution in [3.05, 3.63) is 70.8 Å². The second-order valence-corrected chi connectivity index (χ2v) is 5.99. The van der Waals surface area contributed by atoms with Crippen LogP contribution >= 0.6 is 0 Å². The van der Waals surface area contributed by atoms with Gasteiger partial charge in [0.05, 0.1) is 0 Å². The lowest BCUT2D eigenvalue weighted by Crippen LogP contribution is -2.40. The van der Waals surface area contributed by atoms with Crippen LogP contribution in [0.4, 0.5) is 0 Å². The van der Waals surface area contributed by atoms with Crippen LogP contribution in [0.3, 0.4) is 0 Å². The Morgan fingerprint density at radius 2 is 1.81 bits per heavy atom. The predicted molar refractivity (Wildman–Crippen MR) is 88.1 cm³/mol. The number of hydrazine groups is 1. The first-order chi connectivity index (χ1) is 10.3. The van der Waals surface area contributed by atoms with Gasteiger partial charge < -0.3 is 0 Å². The van der Waals surface area contributed by atoms with Crippen molar-refractivity contribution in [1.82, 2.24) is 5.43 Å². The Morgan fingerprint density at radius 1 is 1.10 bits per heavy atom. The first-order valence-electron chi connectivity index (χ1n) is 7.93.